The molecule has 0 spiro atoms. The zero-order valence-electron chi connectivity index (χ0n) is 15.0. The van der Waals surface area contributed by atoms with E-state index in [1.165, 1.54) is 18.9 Å². The number of thioether (sulfide) groups is 1. The van der Waals surface area contributed by atoms with Gasteiger partial charge in [0.1, 0.15) is 19.3 Å². The second-order valence-electron chi connectivity index (χ2n) is 6.11. The molecule has 8 heteroatoms. The number of hydrogen-bond acceptors (Lipinski definition) is 8. The number of carbonyl (C=O) groups excluding carboxylic acids is 3. The monoisotopic (exact) mass is 364 g/mol. The topological polar surface area (TPSA) is 99.1 Å². The summed E-state index contributed by atoms with van der Waals surface area (Å²) in [5.74, 6) is -1.04. The Morgan fingerprint density at radius 1 is 1.17 bits per heavy atom. The molecule has 0 amide bonds. The number of carbonyl (C=O) groups is 3. The fourth-order valence-corrected chi connectivity index (χ4v) is 2.24. The highest BCUT2D eigenvalue weighted by Crippen LogP contribution is 2.21. The molecule has 0 saturated carbocycles. The Hall–Kier alpha value is -1.28. The molecule has 0 rings (SSSR count). The number of ether oxygens (including phenoxy) is 3. The van der Waals surface area contributed by atoms with Crippen LogP contribution in [-0.4, -0.2) is 60.9 Å². The lowest BCUT2D eigenvalue weighted by Gasteiger charge is -2.21. The van der Waals surface area contributed by atoms with Gasteiger partial charge in [0.2, 0.25) is 0 Å². The summed E-state index contributed by atoms with van der Waals surface area (Å²) < 4.78 is 14.5. The van der Waals surface area contributed by atoms with E-state index in [4.69, 9.17) is 9.47 Å². The Kier molecular flexibility index (Phi) is 10.7. The number of rotatable bonds is 11. The molecule has 1 N–H and O–H groups in total. The first-order valence-corrected chi connectivity index (χ1v) is 8.96. The van der Waals surface area contributed by atoms with Crippen LogP contribution in [0.1, 0.15) is 34.1 Å². The van der Waals surface area contributed by atoms with Gasteiger partial charge in [0.05, 0.1) is 24.2 Å². The van der Waals surface area contributed by atoms with E-state index in [2.05, 4.69) is 4.74 Å². The summed E-state index contributed by atoms with van der Waals surface area (Å²) in [5, 5.41) is 9.68. The Labute approximate surface area is 147 Å². The normalized spacial score (nSPS) is 13.8. The quantitative estimate of drug-likeness (QED) is 0.434. The summed E-state index contributed by atoms with van der Waals surface area (Å²) >= 11 is 1.25. The second-order valence-corrected chi connectivity index (χ2v) is 7.14. The van der Waals surface area contributed by atoms with Crippen molar-refractivity contribution in [2.24, 2.45) is 11.3 Å². The van der Waals surface area contributed by atoms with E-state index < -0.39 is 23.5 Å². The van der Waals surface area contributed by atoms with Crippen LogP contribution in [0.5, 0.6) is 0 Å². The van der Waals surface area contributed by atoms with Gasteiger partial charge in [-0.3, -0.25) is 14.4 Å². The Morgan fingerprint density at radius 2 is 1.75 bits per heavy atom. The summed E-state index contributed by atoms with van der Waals surface area (Å²) in [4.78, 5) is 34.5. The van der Waals surface area contributed by atoms with Crippen molar-refractivity contribution >= 4 is 29.7 Å². The van der Waals surface area contributed by atoms with Gasteiger partial charge < -0.3 is 19.3 Å². The molecule has 0 aromatic carbocycles. The maximum atomic E-state index is 11.7. The number of aliphatic hydroxyl groups excluding tert-OH is 1. The van der Waals surface area contributed by atoms with Gasteiger partial charge >= 0.3 is 17.9 Å². The SMILES string of the molecule is CCC(C)(C)C(=O)OCC(O)COC(=O)CSCC(C)C(=O)OC. The first-order valence-electron chi connectivity index (χ1n) is 7.80. The third kappa shape index (κ3) is 9.12. The molecule has 2 atom stereocenters. The minimum absolute atomic E-state index is 0.0662. The molecule has 0 saturated heterocycles. The van der Waals surface area contributed by atoms with Crippen LogP contribution >= 0.6 is 11.8 Å². The summed E-state index contributed by atoms with van der Waals surface area (Å²) in [5.41, 5.74) is -0.608. The van der Waals surface area contributed by atoms with Crippen molar-refractivity contribution in [3.8, 4) is 0 Å². The smallest absolute Gasteiger partial charge is 0.315 e. The van der Waals surface area contributed by atoms with E-state index in [9.17, 15) is 19.5 Å². The molecule has 2 unspecified atom stereocenters. The van der Waals surface area contributed by atoms with Crippen molar-refractivity contribution in [3.63, 3.8) is 0 Å². The Balaban J connectivity index is 3.90. The molecule has 0 aliphatic carbocycles. The molecule has 0 radical (unpaired) electrons. The lowest BCUT2D eigenvalue weighted by Crippen LogP contribution is -2.31. The zero-order valence-corrected chi connectivity index (χ0v) is 15.8. The summed E-state index contributed by atoms with van der Waals surface area (Å²) in [7, 11) is 1.31. The van der Waals surface area contributed by atoms with Gasteiger partial charge in [-0.2, -0.15) is 0 Å². The average molecular weight is 364 g/mol. The standard InChI is InChI=1S/C16H28O7S/c1-6-16(3,4)15(20)23-8-12(17)7-22-13(18)10-24-9-11(2)14(19)21-5/h11-12,17H,6-10H2,1-5H3. The Bertz CT molecular complexity index is 423. The van der Waals surface area contributed by atoms with Crippen LogP contribution in [0.15, 0.2) is 0 Å². The van der Waals surface area contributed by atoms with Gasteiger partial charge in [0.25, 0.3) is 0 Å². The van der Waals surface area contributed by atoms with Crippen LogP contribution in [-0.2, 0) is 28.6 Å². The second kappa shape index (κ2) is 11.3. The average Bonchev–Trinajstić information content (AvgIpc) is 2.56. The van der Waals surface area contributed by atoms with Crippen LogP contribution in [0.3, 0.4) is 0 Å². The van der Waals surface area contributed by atoms with Crippen LogP contribution in [0.25, 0.3) is 0 Å². The largest absolute Gasteiger partial charge is 0.469 e. The van der Waals surface area contributed by atoms with Crippen molar-refractivity contribution in [2.45, 2.75) is 40.2 Å². The van der Waals surface area contributed by atoms with Crippen molar-refractivity contribution in [1.82, 2.24) is 0 Å². The lowest BCUT2D eigenvalue weighted by molar-refractivity contribution is -0.159. The molecule has 0 fully saturated rings. The highest BCUT2D eigenvalue weighted by Gasteiger charge is 2.27. The molecule has 24 heavy (non-hydrogen) atoms. The first-order chi connectivity index (χ1) is 11.1. The van der Waals surface area contributed by atoms with E-state index in [0.717, 1.165) is 0 Å². The molecule has 7 nitrogen and oxygen atoms in total. The Morgan fingerprint density at radius 3 is 2.29 bits per heavy atom. The van der Waals surface area contributed by atoms with Crippen LogP contribution in [0.4, 0.5) is 0 Å². The highest BCUT2D eigenvalue weighted by molar-refractivity contribution is 7.99. The number of aliphatic hydroxyl groups is 1. The van der Waals surface area contributed by atoms with Crippen LogP contribution in [0, 0.1) is 11.3 Å². The van der Waals surface area contributed by atoms with Gasteiger partial charge in [-0.25, -0.2) is 0 Å². The summed E-state index contributed by atoms with van der Waals surface area (Å²) in [6.07, 6.45) is -0.442. The highest BCUT2D eigenvalue weighted by atomic mass is 32.2. The van der Waals surface area contributed by atoms with Gasteiger partial charge in [0, 0.05) is 5.75 Å². The molecular weight excluding hydrogens is 336 g/mol. The third-order valence-corrected chi connectivity index (χ3v) is 4.65. The number of esters is 3. The molecule has 140 valence electrons. The molecule has 0 aromatic heterocycles. The zero-order chi connectivity index (χ0) is 18.8. The van der Waals surface area contributed by atoms with Crippen LogP contribution < -0.4 is 0 Å². The lowest BCUT2D eigenvalue weighted by atomic mass is 9.91. The van der Waals surface area contributed by atoms with Crippen molar-refractivity contribution < 1.29 is 33.7 Å². The minimum Gasteiger partial charge on any atom is -0.469 e. The van der Waals surface area contributed by atoms with Crippen molar-refractivity contribution in [1.29, 1.82) is 0 Å². The van der Waals surface area contributed by atoms with E-state index in [1.807, 2.05) is 6.92 Å². The maximum Gasteiger partial charge on any atom is 0.315 e. The van der Waals surface area contributed by atoms with Gasteiger partial charge in [-0.1, -0.05) is 13.8 Å². The molecule has 0 bridgehead atoms. The first kappa shape index (κ1) is 22.7. The maximum absolute atomic E-state index is 11.7. The van der Waals surface area contributed by atoms with Crippen molar-refractivity contribution in [3.05, 3.63) is 0 Å². The fraction of sp³-hybridized carbons (Fsp3) is 0.812. The number of hydrogen-bond donors (Lipinski definition) is 1. The molecule has 0 aromatic rings. The molecule has 0 aliphatic heterocycles. The predicted octanol–water partition coefficient (Wildman–Crippen LogP) is 1.41. The fourth-order valence-electron chi connectivity index (χ4n) is 1.38. The van der Waals surface area contributed by atoms with E-state index in [1.54, 1.807) is 20.8 Å². The number of methoxy groups -OCH3 is 1. The molecular formula is C16H28O7S. The summed E-state index contributed by atoms with van der Waals surface area (Å²) in [6.45, 7) is 6.63. The van der Waals surface area contributed by atoms with Crippen molar-refractivity contribution in [2.75, 3.05) is 31.8 Å². The van der Waals surface area contributed by atoms with Gasteiger partial charge in [-0.05, 0) is 20.3 Å². The van der Waals surface area contributed by atoms with E-state index >= 15 is 0 Å². The minimum atomic E-state index is -1.07. The van der Waals surface area contributed by atoms with E-state index in [-0.39, 0.29) is 30.9 Å². The van der Waals surface area contributed by atoms with Gasteiger partial charge in [0.15, 0.2) is 0 Å². The molecule has 0 aliphatic rings. The molecule has 0 heterocycles. The van der Waals surface area contributed by atoms with Crippen LogP contribution in [0.2, 0.25) is 0 Å². The van der Waals surface area contributed by atoms with Gasteiger partial charge in [-0.15, -0.1) is 11.8 Å². The predicted molar refractivity (Wildman–Crippen MR) is 90.5 cm³/mol. The summed E-state index contributed by atoms with van der Waals surface area (Å²) in [6, 6.07) is 0. The third-order valence-electron chi connectivity index (χ3n) is 3.47. The van der Waals surface area contributed by atoms with E-state index in [0.29, 0.717) is 12.2 Å².